The molecule has 0 radical (unpaired) electrons. The third-order valence-corrected chi connectivity index (χ3v) is 1.33. The lowest BCUT2D eigenvalue weighted by molar-refractivity contribution is -0.109. The maximum atomic E-state index is 9.81. The molecule has 0 aliphatic rings. The van der Waals surface area contributed by atoms with Crippen LogP contribution in [-0.4, -0.2) is 45.7 Å². The van der Waals surface area contributed by atoms with Crippen LogP contribution in [-0.2, 0) is 4.79 Å². The van der Waals surface area contributed by atoms with Gasteiger partial charge in [0.2, 0.25) is 6.41 Å². The van der Waals surface area contributed by atoms with Crippen LogP contribution in [0.3, 0.4) is 0 Å². The smallest absolute Gasteiger partial charge is 0.207 e. The lowest BCUT2D eigenvalue weighted by atomic mass is 10.5. The molecule has 5 N–H and O–H groups in total. The van der Waals surface area contributed by atoms with Gasteiger partial charge in [0.25, 0.3) is 0 Å². The van der Waals surface area contributed by atoms with Crippen LogP contribution in [0.2, 0.25) is 0 Å². The van der Waals surface area contributed by atoms with Crippen LogP contribution in [0.1, 0.15) is 0 Å². The zero-order chi connectivity index (χ0) is 9.07. The van der Waals surface area contributed by atoms with Crippen molar-refractivity contribution in [1.82, 2.24) is 16.0 Å². The second-order valence-electron chi connectivity index (χ2n) is 2.36. The van der Waals surface area contributed by atoms with Gasteiger partial charge in [0, 0.05) is 39.3 Å². The summed E-state index contributed by atoms with van der Waals surface area (Å²) in [6, 6.07) is 0. The third-order valence-electron chi connectivity index (χ3n) is 1.33. The van der Waals surface area contributed by atoms with Gasteiger partial charge in [-0.3, -0.25) is 4.79 Å². The van der Waals surface area contributed by atoms with E-state index in [1.165, 1.54) is 0 Å². The highest BCUT2D eigenvalue weighted by atomic mass is 16.1. The van der Waals surface area contributed by atoms with E-state index in [1.807, 2.05) is 0 Å². The summed E-state index contributed by atoms with van der Waals surface area (Å²) in [6.07, 6.45) is 0.703. The van der Waals surface area contributed by atoms with E-state index in [2.05, 4.69) is 16.0 Å². The predicted molar refractivity (Wildman–Crippen MR) is 48.9 cm³/mol. The molecule has 0 heterocycles. The van der Waals surface area contributed by atoms with Crippen LogP contribution < -0.4 is 21.7 Å². The van der Waals surface area contributed by atoms with Crippen molar-refractivity contribution in [3.63, 3.8) is 0 Å². The monoisotopic (exact) mass is 174 g/mol. The minimum absolute atomic E-state index is 0.673. The first-order valence-corrected chi connectivity index (χ1v) is 4.20. The van der Waals surface area contributed by atoms with Crippen LogP contribution >= 0.6 is 0 Å². The number of nitrogens with two attached hydrogens (primary N) is 1. The van der Waals surface area contributed by atoms with E-state index in [0.717, 1.165) is 26.2 Å². The zero-order valence-electron chi connectivity index (χ0n) is 7.31. The molecule has 0 rings (SSSR count). The average molecular weight is 174 g/mol. The minimum Gasteiger partial charge on any atom is -0.357 e. The van der Waals surface area contributed by atoms with Crippen LogP contribution in [0.15, 0.2) is 0 Å². The van der Waals surface area contributed by atoms with Gasteiger partial charge in [-0.05, 0) is 0 Å². The summed E-state index contributed by atoms with van der Waals surface area (Å²) >= 11 is 0. The van der Waals surface area contributed by atoms with E-state index < -0.39 is 0 Å². The Balaban J connectivity index is 2.77. The van der Waals surface area contributed by atoms with E-state index in [4.69, 9.17) is 5.73 Å². The molecular formula is C7H18N4O. The number of nitrogens with one attached hydrogen (secondary N) is 3. The number of hydrogen-bond donors (Lipinski definition) is 4. The van der Waals surface area contributed by atoms with Crippen molar-refractivity contribution in [2.24, 2.45) is 5.73 Å². The lowest BCUT2D eigenvalue weighted by Crippen LogP contribution is -2.33. The highest BCUT2D eigenvalue weighted by Gasteiger charge is 1.86. The van der Waals surface area contributed by atoms with Gasteiger partial charge in [0.1, 0.15) is 0 Å². The predicted octanol–water partition coefficient (Wildman–Crippen LogP) is -2.13. The van der Waals surface area contributed by atoms with E-state index >= 15 is 0 Å². The van der Waals surface area contributed by atoms with E-state index in [9.17, 15) is 4.79 Å². The zero-order valence-corrected chi connectivity index (χ0v) is 7.31. The van der Waals surface area contributed by atoms with Gasteiger partial charge >= 0.3 is 0 Å². The molecule has 0 aliphatic heterocycles. The van der Waals surface area contributed by atoms with Gasteiger partial charge in [-0.2, -0.15) is 0 Å². The molecule has 1 amide bonds. The molecule has 0 unspecified atom stereocenters. The molecule has 5 nitrogen and oxygen atoms in total. The standard InChI is InChI=1S/C7H18N4O/c8-1-2-9-3-4-10-5-6-11-7-12/h7,9-10H,1-6,8H2,(H,11,12). The number of carbonyl (C=O) groups is 1. The summed E-state index contributed by atoms with van der Waals surface area (Å²) in [5, 5.41) is 8.87. The molecule has 0 spiro atoms. The highest BCUT2D eigenvalue weighted by Crippen LogP contribution is 1.59. The van der Waals surface area contributed by atoms with E-state index in [0.29, 0.717) is 19.5 Å². The molecule has 0 fully saturated rings. The molecule has 0 saturated carbocycles. The molecule has 72 valence electrons. The van der Waals surface area contributed by atoms with Crippen LogP contribution in [0.4, 0.5) is 0 Å². The second kappa shape index (κ2) is 10.3. The van der Waals surface area contributed by atoms with Gasteiger partial charge in [0.05, 0.1) is 0 Å². The van der Waals surface area contributed by atoms with Gasteiger partial charge in [0.15, 0.2) is 0 Å². The first kappa shape index (κ1) is 11.4. The Labute approximate surface area is 73.1 Å². The molecule has 0 aromatic rings. The fraction of sp³-hybridized carbons (Fsp3) is 0.857. The molecule has 0 aromatic heterocycles. The lowest BCUT2D eigenvalue weighted by Gasteiger charge is -2.04. The summed E-state index contributed by atoms with van der Waals surface area (Å²) in [6.45, 7) is 4.84. The third kappa shape index (κ3) is 9.35. The molecule has 12 heavy (non-hydrogen) atoms. The normalized spacial score (nSPS) is 9.75. The van der Waals surface area contributed by atoms with Crippen molar-refractivity contribution in [2.75, 3.05) is 39.3 Å². The maximum Gasteiger partial charge on any atom is 0.207 e. The van der Waals surface area contributed by atoms with Gasteiger partial charge < -0.3 is 21.7 Å². The topological polar surface area (TPSA) is 79.2 Å². The Kier molecular flexibility index (Phi) is 9.79. The number of carbonyl (C=O) groups excluding carboxylic acids is 1. The van der Waals surface area contributed by atoms with Crippen LogP contribution in [0.5, 0.6) is 0 Å². The minimum atomic E-state index is 0.673. The Morgan fingerprint density at radius 1 is 1.00 bits per heavy atom. The summed E-state index contributed by atoms with van der Waals surface area (Å²) < 4.78 is 0. The molecule has 5 heteroatoms. The van der Waals surface area contributed by atoms with Gasteiger partial charge in [-0.1, -0.05) is 0 Å². The fourth-order valence-electron chi connectivity index (χ4n) is 0.748. The van der Waals surface area contributed by atoms with Gasteiger partial charge in [-0.25, -0.2) is 0 Å². The summed E-state index contributed by atoms with van der Waals surface area (Å²) in [7, 11) is 0. The summed E-state index contributed by atoms with van der Waals surface area (Å²) in [5.41, 5.74) is 5.28. The Hall–Kier alpha value is -0.650. The van der Waals surface area contributed by atoms with E-state index in [-0.39, 0.29) is 0 Å². The second-order valence-corrected chi connectivity index (χ2v) is 2.36. The molecular weight excluding hydrogens is 156 g/mol. The molecule has 0 saturated heterocycles. The van der Waals surface area contributed by atoms with Crippen molar-refractivity contribution in [1.29, 1.82) is 0 Å². The van der Waals surface area contributed by atoms with Crippen LogP contribution in [0.25, 0.3) is 0 Å². The maximum absolute atomic E-state index is 9.81. The summed E-state index contributed by atoms with van der Waals surface area (Å²) in [4.78, 5) is 9.81. The van der Waals surface area contributed by atoms with Crippen molar-refractivity contribution in [3.8, 4) is 0 Å². The highest BCUT2D eigenvalue weighted by molar-refractivity contribution is 5.45. The molecule has 0 bridgehead atoms. The Morgan fingerprint density at radius 2 is 1.58 bits per heavy atom. The van der Waals surface area contributed by atoms with Crippen molar-refractivity contribution in [3.05, 3.63) is 0 Å². The number of hydrogen-bond acceptors (Lipinski definition) is 4. The Bertz CT molecular complexity index is 99.4. The first-order valence-electron chi connectivity index (χ1n) is 4.20. The number of rotatable bonds is 9. The van der Waals surface area contributed by atoms with Crippen molar-refractivity contribution >= 4 is 6.41 Å². The summed E-state index contributed by atoms with van der Waals surface area (Å²) in [5.74, 6) is 0. The van der Waals surface area contributed by atoms with Crippen molar-refractivity contribution < 1.29 is 4.79 Å². The largest absolute Gasteiger partial charge is 0.357 e. The van der Waals surface area contributed by atoms with Crippen molar-refractivity contribution in [2.45, 2.75) is 0 Å². The quantitative estimate of drug-likeness (QED) is 0.238. The van der Waals surface area contributed by atoms with Gasteiger partial charge in [-0.15, -0.1) is 0 Å². The molecule has 0 aliphatic carbocycles. The molecule has 0 aromatic carbocycles. The van der Waals surface area contributed by atoms with E-state index in [1.54, 1.807) is 0 Å². The SMILES string of the molecule is NCCNCCNCCNC=O. The fourth-order valence-corrected chi connectivity index (χ4v) is 0.748. The first-order chi connectivity index (χ1) is 5.91. The number of amides is 1. The Morgan fingerprint density at radius 3 is 2.17 bits per heavy atom. The van der Waals surface area contributed by atoms with Crippen LogP contribution in [0, 0.1) is 0 Å². The average Bonchev–Trinajstić information content (AvgIpc) is 2.10. The molecule has 0 atom stereocenters.